The molecule has 0 radical (unpaired) electrons. The van der Waals surface area contributed by atoms with E-state index in [2.05, 4.69) is 0 Å². The van der Waals surface area contributed by atoms with Gasteiger partial charge in [0.25, 0.3) is 0 Å². The maximum Gasteiger partial charge on any atom is 0.132 e. The van der Waals surface area contributed by atoms with Crippen molar-refractivity contribution in [3.05, 3.63) is 186 Å². The molecule has 0 fully saturated rings. The zero-order valence-corrected chi connectivity index (χ0v) is 23.0. The average molecular weight is 593 g/mol. The van der Waals surface area contributed by atoms with Crippen molar-refractivity contribution in [1.29, 1.82) is 0 Å². The fourth-order valence-corrected chi connectivity index (χ4v) is 6.83. The number of hydrogen-bond donors (Lipinski definition) is 0. The summed E-state index contributed by atoms with van der Waals surface area (Å²) in [6, 6.07) is -0.380. The number of rotatable bonds is 2. The summed E-state index contributed by atoms with van der Waals surface area (Å²) < 4.78 is 179. The molecular weight excluding hydrogens is 546 g/mol. The number of hydrogen-bond acceptors (Lipinski definition) is 1. The zero-order valence-electron chi connectivity index (χ0n) is 42.0. The molecule has 0 atom stereocenters. The second kappa shape index (κ2) is 9.07. The number of para-hydroxylation sites is 4. The summed E-state index contributed by atoms with van der Waals surface area (Å²) in [5.74, 6) is -0.787. The van der Waals surface area contributed by atoms with Gasteiger partial charge in [0.05, 0.1) is 42.5 Å². The van der Waals surface area contributed by atoms with Gasteiger partial charge >= 0.3 is 0 Å². The molecular formula is C43H27NO. The lowest BCUT2D eigenvalue weighted by molar-refractivity contribution is 0.436. The maximum absolute atomic E-state index is 10.3. The fourth-order valence-electron chi connectivity index (χ4n) is 6.83. The van der Waals surface area contributed by atoms with Crippen LogP contribution in [-0.4, -0.2) is 4.57 Å². The summed E-state index contributed by atoms with van der Waals surface area (Å²) in [5, 5.41) is -0.854. The first-order chi connectivity index (χ1) is 30.2. The highest BCUT2D eigenvalue weighted by atomic mass is 16.5. The van der Waals surface area contributed by atoms with Crippen molar-refractivity contribution in [2.45, 2.75) is 5.41 Å². The van der Waals surface area contributed by atoms with Gasteiger partial charge in [-0.1, -0.05) is 127 Å². The minimum Gasteiger partial charge on any atom is -0.457 e. The van der Waals surface area contributed by atoms with Crippen molar-refractivity contribution in [1.82, 2.24) is 4.57 Å². The molecule has 2 nitrogen and oxygen atoms in total. The largest absolute Gasteiger partial charge is 0.457 e. The van der Waals surface area contributed by atoms with Crippen molar-refractivity contribution < 1.29 is 30.8 Å². The average Bonchev–Trinajstić information content (AvgIpc) is 3.78. The van der Waals surface area contributed by atoms with E-state index in [-0.39, 0.29) is 16.9 Å². The number of nitrogens with zero attached hydrogens (tertiary/aromatic N) is 1. The van der Waals surface area contributed by atoms with E-state index in [4.69, 9.17) is 22.6 Å². The van der Waals surface area contributed by atoms with Crippen molar-refractivity contribution in [3.8, 4) is 39.4 Å². The molecule has 1 spiro atoms. The Morgan fingerprint density at radius 1 is 0.511 bits per heavy atom. The van der Waals surface area contributed by atoms with E-state index in [1.54, 1.807) is 48.5 Å². The molecule has 1 aliphatic heterocycles. The van der Waals surface area contributed by atoms with Crippen LogP contribution in [0.4, 0.5) is 0 Å². The quantitative estimate of drug-likeness (QED) is 0.195. The van der Waals surface area contributed by atoms with Crippen LogP contribution in [0.5, 0.6) is 11.5 Å². The van der Waals surface area contributed by atoms with Crippen LogP contribution in [0, 0.1) is 0 Å². The Kier molecular flexibility index (Phi) is 2.55. The van der Waals surface area contributed by atoms with E-state index in [9.17, 15) is 8.22 Å². The predicted octanol–water partition coefficient (Wildman–Crippen LogP) is 10.9. The topological polar surface area (TPSA) is 14.2 Å². The van der Waals surface area contributed by atoms with Gasteiger partial charge in [-0.15, -0.1) is 0 Å². The Hall–Kier alpha value is -5.86. The fraction of sp³-hybridized carbons (Fsp3) is 0.0233. The molecule has 0 saturated carbocycles. The van der Waals surface area contributed by atoms with Crippen LogP contribution in [0.3, 0.4) is 0 Å². The first-order valence-corrected chi connectivity index (χ1v) is 14.0. The molecule has 0 amide bonds. The number of benzene rings is 7. The third kappa shape index (κ3) is 3.18. The van der Waals surface area contributed by atoms with E-state index in [0.717, 1.165) is 4.57 Å². The lowest BCUT2D eigenvalue weighted by atomic mass is 9.66. The van der Waals surface area contributed by atoms with Crippen molar-refractivity contribution in [3.63, 3.8) is 0 Å². The predicted molar refractivity (Wildman–Crippen MR) is 184 cm³/mol. The van der Waals surface area contributed by atoms with E-state index in [1.807, 2.05) is 0 Å². The standard InChI is InChI=1S/C43H27NO/c1-2-13-29(14-3-1)44-39-23-10-6-17-33(39)34-19-12-18-30(42(34)44)28-25-26-41-38(27-28)43(37-22-9-11-24-40(37)45-41)35-20-7-4-15-31(35)32-16-5-8-21-36(32)43/h1-27H/i1D,2D,3D,6D,9D,10D,11D,12D,13D,14D,17D,18D,19D,22D,23D,24D,25D,26D,27D. The Bertz CT molecular complexity index is 3470. The molecule has 10 rings (SSSR count). The Morgan fingerprint density at radius 3 is 2.00 bits per heavy atom. The van der Waals surface area contributed by atoms with Crippen LogP contribution in [-0.2, 0) is 5.41 Å². The summed E-state index contributed by atoms with van der Waals surface area (Å²) >= 11 is 0. The SMILES string of the molecule is [2H]c1c([2H])c([2H])c(-n2c3c([2H])c([2H])c([2H])c([2H])c3c3c([2H])c([2H])c([2H])c(-c4c([2H])c([2H])c5c(c4[2H])C4(c6ccccc6-c6ccccc64)c4c([2H])c([2H])c([2H])c([2H])c4O5)c32)c([2H])c1[2H]. The highest BCUT2D eigenvalue weighted by molar-refractivity contribution is 6.13. The van der Waals surface area contributed by atoms with Gasteiger partial charge < -0.3 is 9.30 Å². The van der Waals surface area contributed by atoms with Crippen molar-refractivity contribution in [2.75, 3.05) is 0 Å². The smallest absolute Gasteiger partial charge is 0.132 e. The number of ether oxygens (including phenoxy) is 1. The second-order valence-electron chi connectivity index (χ2n) is 10.6. The van der Waals surface area contributed by atoms with Gasteiger partial charge in [0.15, 0.2) is 0 Å². The third-order valence-electron chi connectivity index (χ3n) is 8.51. The van der Waals surface area contributed by atoms with Gasteiger partial charge in [-0.05, 0) is 64.1 Å². The van der Waals surface area contributed by atoms with Crippen LogP contribution in [0.1, 0.15) is 48.3 Å². The number of aromatic nitrogens is 1. The molecule has 0 N–H and O–H groups in total. The summed E-state index contributed by atoms with van der Waals surface area (Å²) in [6.07, 6.45) is 0. The first-order valence-electron chi connectivity index (χ1n) is 23.5. The molecule has 1 aromatic heterocycles. The molecule has 7 aromatic carbocycles. The van der Waals surface area contributed by atoms with Gasteiger partial charge in [0.2, 0.25) is 0 Å². The van der Waals surface area contributed by atoms with E-state index in [1.165, 1.54) is 0 Å². The maximum atomic E-state index is 10.3. The molecule has 1 aliphatic carbocycles. The summed E-state index contributed by atoms with van der Waals surface area (Å²) in [7, 11) is 0. The zero-order chi connectivity index (χ0) is 46.1. The molecule has 0 unspecified atom stereocenters. The van der Waals surface area contributed by atoms with Gasteiger partial charge in [0.1, 0.15) is 11.5 Å². The Balaban J connectivity index is 1.50. The van der Waals surface area contributed by atoms with Crippen LogP contribution in [0.25, 0.3) is 49.7 Å². The van der Waals surface area contributed by atoms with Crippen molar-refractivity contribution >= 4 is 21.8 Å². The molecule has 2 aliphatic rings. The van der Waals surface area contributed by atoms with Crippen molar-refractivity contribution in [2.24, 2.45) is 0 Å². The van der Waals surface area contributed by atoms with Crippen LogP contribution >= 0.6 is 0 Å². The Morgan fingerprint density at radius 2 is 1.18 bits per heavy atom. The van der Waals surface area contributed by atoms with Gasteiger partial charge in [0, 0.05) is 33.2 Å². The lowest BCUT2D eigenvalue weighted by Crippen LogP contribution is -2.32. The normalized spacial score (nSPS) is 19.6. The van der Waals surface area contributed by atoms with Crippen LogP contribution < -0.4 is 4.74 Å². The summed E-state index contributed by atoms with van der Waals surface area (Å²) in [5.41, 5.74) is -2.95. The monoisotopic (exact) mass is 592 g/mol. The van der Waals surface area contributed by atoms with Gasteiger partial charge in [-0.2, -0.15) is 0 Å². The molecule has 2 heterocycles. The molecule has 210 valence electrons. The highest BCUT2D eigenvalue weighted by Crippen LogP contribution is 2.62. The molecule has 8 aromatic rings. The molecule has 0 saturated heterocycles. The van der Waals surface area contributed by atoms with Gasteiger partial charge in [-0.25, -0.2) is 0 Å². The molecule has 0 bridgehead atoms. The van der Waals surface area contributed by atoms with Crippen LogP contribution in [0.15, 0.2) is 163 Å². The molecule has 2 heteroatoms. The lowest BCUT2D eigenvalue weighted by Gasteiger charge is -2.39. The molecule has 45 heavy (non-hydrogen) atoms. The number of fused-ring (bicyclic) bond motifs is 12. The minimum atomic E-state index is -1.88. The van der Waals surface area contributed by atoms with E-state index >= 15 is 0 Å². The minimum absolute atomic E-state index is 0.115. The highest BCUT2D eigenvalue weighted by Gasteiger charge is 2.51. The van der Waals surface area contributed by atoms with Gasteiger partial charge in [-0.3, -0.25) is 0 Å². The summed E-state index contributed by atoms with van der Waals surface area (Å²) in [4.78, 5) is 0. The first kappa shape index (κ1) is 12.6. The van der Waals surface area contributed by atoms with E-state index in [0.29, 0.717) is 22.3 Å². The summed E-state index contributed by atoms with van der Waals surface area (Å²) in [6.45, 7) is 0. The second-order valence-corrected chi connectivity index (χ2v) is 10.6. The Labute approximate surface area is 288 Å². The third-order valence-corrected chi connectivity index (χ3v) is 8.51. The van der Waals surface area contributed by atoms with Crippen LogP contribution in [0.2, 0.25) is 0 Å². The van der Waals surface area contributed by atoms with E-state index < -0.39 is 165 Å².